The van der Waals surface area contributed by atoms with Crippen LogP contribution in [0.15, 0.2) is 64.6 Å². The Balaban J connectivity index is 1.38. The Hall–Kier alpha value is -3.44. The number of rotatable bonds is 6. The maximum atomic E-state index is 14.4. The van der Waals surface area contributed by atoms with Crippen LogP contribution in [0.4, 0.5) is 13.2 Å². The summed E-state index contributed by atoms with van der Waals surface area (Å²) in [6, 6.07) is 11.5. The molecule has 2 heterocycles. The highest BCUT2D eigenvalue weighted by atomic mass is 35.5. The maximum Gasteiger partial charge on any atom is 0.416 e. The molecule has 0 unspecified atom stereocenters. The van der Waals surface area contributed by atoms with Crippen LogP contribution in [-0.4, -0.2) is 58.1 Å². The summed E-state index contributed by atoms with van der Waals surface area (Å²) >= 11 is 6.30. The zero-order chi connectivity index (χ0) is 36.7. The van der Waals surface area contributed by atoms with Crippen molar-refractivity contribution in [1.82, 2.24) is 4.90 Å². The van der Waals surface area contributed by atoms with Gasteiger partial charge in [-0.1, -0.05) is 42.3 Å². The Morgan fingerprint density at radius 3 is 2.49 bits per heavy atom. The molecule has 0 spiro atoms. The van der Waals surface area contributed by atoms with Crippen molar-refractivity contribution in [2.24, 2.45) is 17.1 Å². The molecule has 4 N–H and O–H groups in total. The number of fused-ring (bicyclic) bond motifs is 8. The fraction of sp³-hybridized carbons (Fsp3) is 0.500. The summed E-state index contributed by atoms with van der Waals surface area (Å²) in [5, 5.41) is 23.6. The standard InChI is InChI=1S/C40H46ClF3N2O5/c1-24-4-3-16-38(2)32(13-17-39(38,50)23-46-18-14-26(15-19-46)37(45)49)29-9-6-25(20-28(47)8-5-24)21-30(29)36(48)35-12-11-34(51-35)31-22-27(40(42,43)44)7-10-33(31)41/h4,6-7,9-12,21-22,26,28,32,47,50H,3,5,8,13-20,23H2,1-2H3,(H2,45,49)/t28-,32-,38-,39+/m0/s1. The van der Waals surface area contributed by atoms with E-state index in [1.54, 1.807) is 6.07 Å². The molecular weight excluding hydrogens is 681 g/mol. The van der Waals surface area contributed by atoms with Crippen molar-refractivity contribution in [2.45, 2.75) is 95.4 Å². The van der Waals surface area contributed by atoms with Crippen LogP contribution in [0, 0.1) is 11.3 Å². The first-order valence-corrected chi connectivity index (χ1v) is 18.2. The molecule has 4 atom stereocenters. The number of carbonyl (C=O) groups excluding carboxylic acids is 2. The van der Waals surface area contributed by atoms with Gasteiger partial charge in [-0.2, -0.15) is 13.2 Å². The lowest BCUT2D eigenvalue weighted by atomic mass is 9.64. The summed E-state index contributed by atoms with van der Waals surface area (Å²) in [4.78, 5) is 28.5. The van der Waals surface area contributed by atoms with Gasteiger partial charge in [-0.3, -0.25) is 9.59 Å². The number of halogens is 4. The number of hydrogen-bond acceptors (Lipinski definition) is 6. The van der Waals surface area contributed by atoms with Gasteiger partial charge in [0.2, 0.25) is 11.7 Å². The second-order valence-corrected chi connectivity index (χ2v) is 15.5. The van der Waals surface area contributed by atoms with E-state index >= 15 is 0 Å². The lowest BCUT2D eigenvalue weighted by molar-refractivity contribution is -0.137. The van der Waals surface area contributed by atoms with Crippen LogP contribution in [-0.2, 0) is 17.4 Å². The van der Waals surface area contributed by atoms with Crippen molar-refractivity contribution < 1.29 is 37.4 Å². The van der Waals surface area contributed by atoms with Gasteiger partial charge in [-0.05, 0) is 131 Å². The first kappa shape index (κ1) is 37.3. The Kier molecular flexibility index (Phi) is 10.6. The molecule has 2 bridgehead atoms. The van der Waals surface area contributed by atoms with Crippen LogP contribution in [0.2, 0.25) is 5.02 Å². The van der Waals surface area contributed by atoms with E-state index in [1.807, 2.05) is 12.1 Å². The average Bonchev–Trinajstić information content (AvgIpc) is 3.66. The highest BCUT2D eigenvalue weighted by Crippen LogP contribution is 2.59. The number of allylic oxidation sites excluding steroid dienone is 2. The molecule has 4 aliphatic rings. The van der Waals surface area contributed by atoms with Gasteiger partial charge in [0.25, 0.3) is 0 Å². The largest absolute Gasteiger partial charge is 0.453 e. The topological polar surface area (TPSA) is 117 Å². The number of nitrogens with zero attached hydrogens (tertiary/aromatic N) is 1. The number of furan rings is 1. The van der Waals surface area contributed by atoms with Gasteiger partial charge in [-0.25, -0.2) is 0 Å². The zero-order valence-corrected chi connectivity index (χ0v) is 29.8. The number of carbonyl (C=O) groups is 2. The lowest BCUT2D eigenvalue weighted by Gasteiger charge is -2.47. The number of β-amino-alcohol motifs (C(OH)–C–C–N with tert-alkyl or cyclic N) is 1. The van der Waals surface area contributed by atoms with Gasteiger partial charge in [0.05, 0.1) is 22.3 Å². The van der Waals surface area contributed by atoms with E-state index in [4.69, 9.17) is 21.8 Å². The summed E-state index contributed by atoms with van der Waals surface area (Å²) < 4.78 is 46.5. The highest BCUT2D eigenvalue weighted by Gasteiger charge is 2.57. The van der Waals surface area contributed by atoms with E-state index in [2.05, 4.69) is 24.8 Å². The molecule has 1 saturated carbocycles. The smallest absolute Gasteiger partial charge is 0.416 e. The van der Waals surface area contributed by atoms with Crippen molar-refractivity contribution in [2.75, 3.05) is 19.6 Å². The van der Waals surface area contributed by atoms with Crippen LogP contribution in [0.25, 0.3) is 11.3 Å². The number of likely N-dealkylation sites (tertiary alicyclic amines) is 1. The molecule has 3 aromatic rings. The predicted octanol–water partition coefficient (Wildman–Crippen LogP) is 8.09. The third kappa shape index (κ3) is 7.70. The van der Waals surface area contributed by atoms with Crippen molar-refractivity contribution in [3.8, 4) is 11.3 Å². The van der Waals surface area contributed by atoms with Gasteiger partial charge >= 0.3 is 6.18 Å². The second-order valence-electron chi connectivity index (χ2n) is 15.1. The van der Waals surface area contributed by atoms with E-state index in [1.165, 1.54) is 17.7 Å². The van der Waals surface area contributed by atoms with Crippen LogP contribution in [0.5, 0.6) is 0 Å². The number of amides is 1. The first-order chi connectivity index (χ1) is 24.1. The second kappa shape index (κ2) is 14.5. The number of piperidine rings is 1. The Bertz CT molecular complexity index is 1810. The number of aliphatic hydroxyl groups is 2. The molecule has 2 fully saturated rings. The number of benzene rings is 2. The van der Waals surface area contributed by atoms with Gasteiger partial charge in [0, 0.05) is 29.0 Å². The molecule has 1 aromatic heterocycles. The molecule has 3 aliphatic carbocycles. The summed E-state index contributed by atoms with van der Waals surface area (Å²) in [6.45, 7) is 5.93. The van der Waals surface area contributed by atoms with E-state index < -0.39 is 34.6 Å². The minimum absolute atomic E-state index is 0.0220. The monoisotopic (exact) mass is 726 g/mol. The van der Waals surface area contributed by atoms with Crippen LogP contribution in [0.3, 0.4) is 0 Å². The predicted molar refractivity (Wildman–Crippen MR) is 189 cm³/mol. The molecule has 1 saturated heterocycles. The molecule has 7 nitrogen and oxygen atoms in total. The molecule has 7 rings (SSSR count). The third-order valence-electron chi connectivity index (χ3n) is 11.8. The maximum absolute atomic E-state index is 14.4. The summed E-state index contributed by atoms with van der Waals surface area (Å²) in [5.74, 6) is -1.12. The fourth-order valence-corrected chi connectivity index (χ4v) is 8.78. The average molecular weight is 727 g/mol. The Morgan fingerprint density at radius 1 is 1.04 bits per heavy atom. The quantitative estimate of drug-likeness (QED) is 0.175. The summed E-state index contributed by atoms with van der Waals surface area (Å²) in [6.07, 6.45) is 2.39. The van der Waals surface area contributed by atoms with Gasteiger partial charge < -0.3 is 25.3 Å². The number of aliphatic hydroxyl groups excluding tert-OH is 1. The van der Waals surface area contributed by atoms with Gasteiger partial charge in [0.15, 0.2) is 5.76 Å². The van der Waals surface area contributed by atoms with Crippen molar-refractivity contribution >= 4 is 23.3 Å². The molecule has 1 amide bonds. The molecular formula is C40H46ClF3N2O5. The zero-order valence-electron chi connectivity index (χ0n) is 29.1. The van der Waals surface area contributed by atoms with Crippen molar-refractivity contribution in [1.29, 1.82) is 0 Å². The van der Waals surface area contributed by atoms with E-state index in [0.717, 1.165) is 35.7 Å². The normalized spacial score (nSPS) is 26.8. The number of hydrogen-bond donors (Lipinski definition) is 3. The fourth-order valence-electron chi connectivity index (χ4n) is 8.57. The summed E-state index contributed by atoms with van der Waals surface area (Å²) in [7, 11) is 0. The molecule has 0 radical (unpaired) electrons. The van der Waals surface area contributed by atoms with E-state index in [9.17, 15) is 33.0 Å². The molecule has 274 valence electrons. The Labute approximate surface area is 301 Å². The Morgan fingerprint density at radius 2 is 1.78 bits per heavy atom. The first-order valence-electron chi connectivity index (χ1n) is 17.8. The number of ketones is 1. The van der Waals surface area contributed by atoms with Crippen molar-refractivity contribution in [3.63, 3.8) is 0 Å². The minimum atomic E-state index is -4.59. The lowest BCUT2D eigenvalue weighted by Crippen LogP contribution is -2.54. The molecule has 2 aromatic carbocycles. The van der Waals surface area contributed by atoms with Gasteiger partial charge in [0.1, 0.15) is 5.76 Å². The molecule has 1 aliphatic heterocycles. The van der Waals surface area contributed by atoms with Gasteiger partial charge in [-0.15, -0.1) is 0 Å². The summed E-state index contributed by atoms with van der Waals surface area (Å²) in [5.41, 5.74) is 6.07. The van der Waals surface area contributed by atoms with Crippen LogP contribution in [0.1, 0.15) is 104 Å². The van der Waals surface area contributed by atoms with Crippen molar-refractivity contribution in [3.05, 3.63) is 93.2 Å². The highest BCUT2D eigenvalue weighted by molar-refractivity contribution is 6.33. The SMILES string of the molecule is CC1=CCC[C@@]2(C)[C@@H](CC[C@@]2(O)CN2CCC(C(N)=O)CC2)c2ccc(cc2C(=O)c2ccc(-c3cc(C(F)(F)F)ccc3Cl)o2)C[C@@H](O)CC1. The molecule has 11 heteroatoms. The molecule has 51 heavy (non-hydrogen) atoms. The van der Waals surface area contributed by atoms with Crippen LogP contribution < -0.4 is 5.73 Å². The van der Waals surface area contributed by atoms with E-state index in [-0.39, 0.29) is 39.8 Å². The minimum Gasteiger partial charge on any atom is -0.453 e. The van der Waals surface area contributed by atoms with E-state index in [0.29, 0.717) is 76.6 Å². The number of alkyl halides is 3. The van der Waals surface area contributed by atoms with Crippen LogP contribution >= 0.6 is 11.6 Å². The number of nitrogens with two attached hydrogens (primary N) is 1. The third-order valence-corrected chi connectivity index (χ3v) is 12.1. The number of primary amides is 1.